The summed E-state index contributed by atoms with van der Waals surface area (Å²) in [5, 5.41) is 4.39. The zero-order chi connectivity index (χ0) is 15.5. The minimum atomic E-state index is 0.0711. The van der Waals surface area contributed by atoms with Crippen LogP contribution in [0, 0.1) is 0 Å². The topological polar surface area (TPSA) is 34.1 Å². The molecule has 0 saturated heterocycles. The maximum absolute atomic E-state index is 5.43. The second-order valence-corrected chi connectivity index (χ2v) is 7.32. The van der Waals surface area contributed by atoms with Crippen LogP contribution in [-0.4, -0.2) is 19.1 Å². The number of hydrogen-bond donors (Lipinski definition) is 1. The van der Waals surface area contributed by atoms with Gasteiger partial charge in [0.25, 0.3) is 0 Å². The van der Waals surface area contributed by atoms with Crippen molar-refractivity contribution in [3.63, 3.8) is 0 Å². The Morgan fingerprint density at radius 3 is 2.57 bits per heavy atom. The van der Waals surface area contributed by atoms with Crippen LogP contribution in [-0.2, 0) is 18.4 Å². The lowest BCUT2D eigenvalue weighted by Crippen LogP contribution is -2.16. The van der Waals surface area contributed by atoms with Crippen LogP contribution in [0.15, 0.2) is 24.3 Å². The molecule has 0 aliphatic rings. The van der Waals surface area contributed by atoms with Crippen LogP contribution < -0.4 is 10.1 Å². The van der Waals surface area contributed by atoms with Crippen molar-refractivity contribution in [3.8, 4) is 5.75 Å². The van der Waals surface area contributed by atoms with Crippen molar-refractivity contribution in [2.24, 2.45) is 0 Å². The maximum atomic E-state index is 5.43. The third-order valence-corrected chi connectivity index (χ3v) is 4.38. The summed E-state index contributed by atoms with van der Waals surface area (Å²) in [4.78, 5) is 6.22. The van der Waals surface area contributed by atoms with Gasteiger partial charge in [-0.1, -0.05) is 39.0 Å². The molecule has 114 valence electrons. The molecule has 1 aromatic heterocycles. The molecule has 2 aromatic rings. The summed E-state index contributed by atoms with van der Waals surface area (Å²) < 4.78 is 5.43. The summed E-state index contributed by atoms with van der Waals surface area (Å²) in [6.07, 6.45) is 0.821. The number of benzene rings is 1. The SMILES string of the molecule is CNCc1sc(Cc2ccccc2OC)nc1C(C)(C)C. The number of methoxy groups -OCH3 is 1. The second-order valence-electron chi connectivity index (χ2n) is 6.15. The molecule has 4 heteroatoms. The quantitative estimate of drug-likeness (QED) is 0.913. The third-order valence-electron chi connectivity index (χ3n) is 3.32. The molecule has 0 aliphatic carbocycles. The number of thiazole rings is 1. The standard InChI is InChI=1S/C17H24N2OS/c1-17(2,3)16-14(11-18-4)21-15(19-16)10-12-8-6-7-9-13(12)20-5/h6-9,18H,10-11H2,1-5H3. The number of hydrogen-bond acceptors (Lipinski definition) is 4. The van der Waals surface area contributed by atoms with E-state index in [-0.39, 0.29) is 5.41 Å². The lowest BCUT2D eigenvalue weighted by Gasteiger charge is -2.17. The van der Waals surface area contributed by atoms with Crippen LogP contribution in [0.2, 0.25) is 0 Å². The Hall–Kier alpha value is -1.39. The zero-order valence-electron chi connectivity index (χ0n) is 13.5. The fourth-order valence-corrected chi connectivity index (χ4v) is 3.67. The van der Waals surface area contributed by atoms with E-state index in [2.05, 4.69) is 32.2 Å². The number of aromatic nitrogens is 1. The Kier molecular flexibility index (Phi) is 5.01. The molecule has 0 radical (unpaired) electrons. The number of nitrogens with one attached hydrogen (secondary N) is 1. The first-order valence-corrected chi connectivity index (χ1v) is 8.03. The summed E-state index contributed by atoms with van der Waals surface area (Å²) in [5.41, 5.74) is 2.46. The molecular weight excluding hydrogens is 280 g/mol. The van der Waals surface area contributed by atoms with Gasteiger partial charge in [0.2, 0.25) is 0 Å². The normalized spacial score (nSPS) is 11.7. The molecule has 1 aromatic carbocycles. The summed E-state index contributed by atoms with van der Waals surface area (Å²) >= 11 is 1.80. The van der Waals surface area contributed by atoms with Crippen molar-refractivity contribution in [1.82, 2.24) is 10.3 Å². The van der Waals surface area contributed by atoms with E-state index in [1.165, 1.54) is 16.1 Å². The molecule has 0 unspecified atom stereocenters. The number of rotatable bonds is 5. The highest BCUT2D eigenvalue weighted by Gasteiger charge is 2.23. The molecule has 0 aliphatic heterocycles. The van der Waals surface area contributed by atoms with Crippen molar-refractivity contribution < 1.29 is 4.74 Å². The fraction of sp³-hybridized carbons (Fsp3) is 0.471. The van der Waals surface area contributed by atoms with Crippen LogP contribution in [0.5, 0.6) is 5.75 Å². The van der Waals surface area contributed by atoms with Crippen molar-refractivity contribution in [2.75, 3.05) is 14.2 Å². The predicted octanol–water partition coefficient (Wildman–Crippen LogP) is 3.76. The van der Waals surface area contributed by atoms with E-state index >= 15 is 0 Å². The van der Waals surface area contributed by atoms with Crippen LogP contribution in [0.25, 0.3) is 0 Å². The monoisotopic (exact) mass is 304 g/mol. The van der Waals surface area contributed by atoms with Gasteiger partial charge in [-0.3, -0.25) is 0 Å². The highest BCUT2D eigenvalue weighted by molar-refractivity contribution is 7.11. The fourth-order valence-electron chi connectivity index (χ4n) is 2.35. The van der Waals surface area contributed by atoms with Gasteiger partial charge in [0.15, 0.2) is 0 Å². The lowest BCUT2D eigenvalue weighted by atomic mass is 9.91. The average Bonchev–Trinajstić information content (AvgIpc) is 2.83. The number of ether oxygens (including phenoxy) is 1. The Bertz CT molecular complexity index is 599. The summed E-state index contributed by atoms with van der Waals surface area (Å²) in [5.74, 6) is 0.931. The first kappa shape index (κ1) is 16.0. The molecule has 0 spiro atoms. The van der Waals surface area contributed by atoms with Crippen molar-refractivity contribution >= 4 is 11.3 Å². The first-order chi connectivity index (χ1) is 9.95. The van der Waals surface area contributed by atoms with Gasteiger partial charge in [0.1, 0.15) is 5.75 Å². The van der Waals surface area contributed by atoms with Gasteiger partial charge in [-0.15, -0.1) is 11.3 Å². The van der Waals surface area contributed by atoms with E-state index in [0.29, 0.717) is 0 Å². The van der Waals surface area contributed by atoms with Gasteiger partial charge >= 0.3 is 0 Å². The molecule has 1 heterocycles. The molecule has 0 atom stereocenters. The number of nitrogens with zero attached hydrogens (tertiary/aromatic N) is 1. The van der Waals surface area contributed by atoms with Gasteiger partial charge in [0.05, 0.1) is 17.8 Å². The molecule has 3 nitrogen and oxygen atoms in total. The Balaban J connectivity index is 2.32. The van der Waals surface area contributed by atoms with Gasteiger partial charge in [-0.2, -0.15) is 0 Å². The second kappa shape index (κ2) is 6.58. The van der Waals surface area contributed by atoms with Crippen molar-refractivity contribution in [2.45, 2.75) is 39.2 Å². The van der Waals surface area contributed by atoms with Crippen molar-refractivity contribution in [1.29, 1.82) is 0 Å². The van der Waals surface area contributed by atoms with Gasteiger partial charge in [-0.25, -0.2) is 4.98 Å². The summed E-state index contributed by atoms with van der Waals surface area (Å²) in [6.45, 7) is 7.52. The Morgan fingerprint density at radius 2 is 1.95 bits per heavy atom. The van der Waals surface area contributed by atoms with Gasteiger partial charge in [-0.05, 0) is 13.1 Å². The van der Waals surface area contributed by atoms with Gasteiger partial charge < -0.3 is 10.1 Å². The molecule has 0 amide bonds. The molecule has 0 bridgehead atoms. The Labute approximate surface area is 131 Å². The van der Waals surface area contributed by atoms with Crippen LogP contribution in [0.4, 0.5) is 0 Å². The molecular formula is C17H24N2OS. The Morgan fingerprint density at radius 1 is 1.24 bits per heavy atom. The highest BCUT2D eigenvalue weighted by atomic mass is 32.1. The predicted molar refractivity (Wildman–Crippen MR) is 89.4 cm³/mol. The summed E-state index contributed by atoms with van der Waals surface area (Å²) in [6, 6.07) is 8.15. The largest absolute Gasteiger partial charge is 0.496 e. The van der Waals surface area contributed by atoms with E-state index in [4.69, 9.17) is 9.72 Å². The van der Waals surface area contributed by atoms with E-state index in [0.717, 1.165) is 23.7 Å². The van der Waals surface area contributed by atoms with Crippen molar-refractivity contribution in [3.05, 3.63) is 45.4 Å². The first-order valence-electron chi connectivity index (χ1n) is 7.21. The maximum Gasteiger partial charge on any atom is 0.122 e. The van der Waals surface area contributed by atoms with Crippen LogP contribution >= 0.6 is 11.3 Å². The van der Waals surface area contributed by atoms with Gasteiger partial charge in [0, 0.05) is 28.8 Å². The molecule has 0 saturated carbocycles. The van der Waals surface area contributed by atoms with Crippen LogP contribution in [0.1, 0.15) is 41.9 Å². The van der Waals surface area contributed by atoms with E-state index in [1.54, 1.807) is 18.4 Å². The van der Waals surface area contributed by atoms with Crippen LogP contribution in [0.3, 0.4) is 0 Å². The number of para-hydroxylation sites is 1. The molecule has 1 N–H and O–H groups in total. The van der Waals surface area contributed by atoms with E-state index < -0.39 is 0 Å². The average molecular weight is 304 g/mol. The highest BCUT2D eigenvalue weighted by Crippen LogP contribution is 2.31. The molecule has 21 heavy (non-hydrogen) atoms. The lowest BCUT2D eigenvalue weighted by molar-refractivity contribution is 0.410. The molecule has 0 fully saturated rings. The smallest absolute Gasteiger partial charge is 0.122 e. The van der Waals surface area contributed by atoms with E-state index in [1.807, 2.05) is 25.2 Å². The minimum Gasteiger partial charge on any atom is -0.496 e. The minimum absolute atomic E-state index is 0.0711. The third kappa shape index (κ3) is 3.83. The zero-order valence-corrected chi connectivity index (χ0v) is 14.3. The van der Waals surface area contributed by atoms with E-state index in [9.17, 15) is 0 Å². The molecule has 2 rings (SSSR count). The summed E-state index contributed by atoms with van der Waals surface area (Å²) in [7, 11) is 3.69.